The lowest BCUT2D eigenvalue weighted by Gasteiger charge is -2.26. The number of amides is 2. The molecule has 2 atom stereocenters. The molecule has 0 radical (unpaired) electrons. The van der Waals surface area contributed by atoms with Crippen LogP contribution in [0.1, 0.15) is 12.2 Å². The summed E-state index contributed by atoms with van der Waals surface area (Å²) in [7, 11) is 0. The second-order valence-corrected chi connectivity index (χ2v) is 6.01. The van der Waals surface area contributed by atoms with Crippen LogP contribution in [-0.4, -0.2) is 61.3 Å². The van der Waals surface area contributed by atoms with Crippen molar-refractivity contribution in [3.63, 3.8) is 0 Å². The smallest absolute Gasteiger partial charge is 0.229 e. The van der Waals surface area contributed by atoms with Gasteiger partial charge in [0.25, 0.3) is 0 Å². The number of hydrogen-bond acceptors (Lipinski definition) is 6. The predicted molar refractivity (Wildman–Crippen MR) is 81.7 cm³/mol. The van der Waals surface area contributed by atoms with Crippen molar-refractivity contribution in [3.8, 4) is 0 Å². The van der Waals surface area contributed by atoms with Gasteiger partial charge in [-0.25, -0.2) is 0 Å². The van der Waals surface area contributed by atoms with E-state index in [2.05, 4.69) is 20.7 Å². The normalized spacial score (nSPS) is 24.2. The number of aromatic nitrogens is 1. The molecule has 1 saturated carbocycles. The highest BCUT2D eigenvalue weighted by Crippen LogP contribution is 2.39. The summed E-state index contributed by atoms with van der Waals surface area (Å²) in [4.78, 5) is 26.3. The van der Waals surface area contributed by atoms with Gasteiger partial charge >= 0.3 is 0 Å². The van der Waals surface area contributed by atoms with Gasteiger partial charge in [-0.3, -0.25) is 14.5 Å². The Morgan fingerprint density at radius 2 is 2.04 bits per heavy atom. The minimum absolute atomic E-state index is 0.0465. The Morgan fingerprint density at radius 1 is 1.30 bits per heavy atom. The van der Waals surface area contributed by atoms with E-state index in [1.807, 2.05) is 0 Å². The second kappa shape index (κ2) is 7.10. The number of ether oxygens (including phenoxy) is 1. The first kappa shape index (κ1) is 15.9. The SMILES string of the molecule is Cc1cc(NC(=O)C2CC2C(=O)NCCN2CCOCC2)no1. The van der Waals surface area contributed by atoms with Gasteiger partial charge in [0.1, 0.15) is 5.76 Å². The third kappa shape index (κ3) is 4.29. The lowest BCUT2D eigenvalue weighted by molar-refractivity contribution is -0.125. The molecule has 0 spiro atoms. The van der Waals surface area contributed by atoms with Crippen LogP contribution >= 0.6 is 0 Å². The average molecular weight is 322 g/mol. The second-order valence-electron chi connectivity index (χ2n) is 6.01. The van der Waals surface area contributed by atoms with Crippen molar-refractivity contribution >= 4 is 17.6 Å². The van der Waals surface area contributed by atoms with Gasteiger partial charge in [-0.15, -0.1) is 0 Å². The first-order valence-electron chi connectivity index (χ1n) is 7.95. The minimum atomic E-state index is -0.268. The molecule has 1 aliphatic carbocycles. The number of anilines is 1. The van der Waals surface area contributed by atoms with Gasteiger partial charge in [0.2, 0.25) is 11.8 Å². The van der Waals surface area contributed by atoms with E-state index in [9.17, 15) is 9.59 Å². The maximum atomic E-state index is 12.0. The molecule has 2 aliphatic rings. The summed E-state index contributed by atoms with van der Waals surface area (Å²) >= 11 is 0. The molecule has 8 heteroatoms. The number of carbonyl (C=O) groups excluding carboxylic acids is 2. The number of carbonyl (C=O) groups is 2. The molecule has 23 heavy (non-hydrogen) atoms. The summed E-state index contributed by atoms with van der Waals surface area (Å²) in [5.41, 5.74) is 0. The molecule has 2 unspecified atom stereocenters. The average Bonchev–Trinajstić information content (AvgIpc) is 3.26. The van der Waals surface area contributed by atoms with Gasteiger partial charge in [0.15, 0.2) is 5.82 Å². The van der Waals surface area contributed by atoms with Gasteiger partial charge in [-0.05, 0) is 13.3 Å². The molecular formula is C15H22N4O4. The number of morpholine rings is 1. The molecule has 126 valence electrons. The highest BCUT2D eigenvalue weighted by molar-refractivity contribution is 5.99. The van der Waals surface area contributed by atoms with E-state index in [1.54, 1.807) is 13.0 Å². The third-order valence-electron chi connectivity index (χ3n) is 4.17. The van der Waals surface area contributed by atoms with Gasteiger partial charge < -0.3 is 19.9 Å². The molecule has 2 amide bonds. The monoisotopic (exact) mass is 322 g/mol. The summed E-state index contributed by atoms with van der Waals surface area (Å²) < 4.78 is 10.2. The first-order valence-corrected chi connectivity index (χ1v) is 7.95. The molecule has 2 fully saturated rings. The maximum Gasteiger partial charge on any atom is 0.229 e. The number of nitrogens with one attached hydrogen (secondary N) is 2. The topological polar surface area (TPSA) is 96.7 Å². The highest BCUT2D eigenvalue weighted by Gasteiger charge is 2.48. The number of aryl methyl sites for hydroxylation is 1. The first-order chi connectivity index (χ1) is 11.1. The van der Waals surface area contributed by atoms with Crippen LogP contribution in [-0.2, 0) is 14.3 Å². The van der Waals surface area contributed by atoms with E-state index < -0.39 is 0 Å². The fraction of sp³-hybridized carbons (Fsp3) is 0.667. The van der Waals surface area contributed by atoms with Crippen molar-refractivity contribution in [1.29, 1.82) is 0 Å². The number of nitrogens with zero attached hydrogens (tertiary/aromatic N) is 2. The van der Waals surface area contributed by atoms with E-state index in [0.29, 0.717) is 24.5 Å². The van der Waals surface area contributed by atoms with E-state index in [1.165, 1.54) is 0 Å². The number of hydrogen-bond donors (Lipinski definition) is 2. The molecule has 2 N–H and O–H groups in total. The molecule has 1 aromatic heterocycles. The zero-order valence-electron chi connectivity index (χ0n) is 13.2. The van der Waals surface area contributed by atoms with Crippen LogP contribution in [0.15, 0.2) is 10.6 Å². The van der Waals surface area contributed by atoms with E-state index in [-0.39, 0.29) is 23.7 Å². The van der Waals surface area contributed by atoms with Crippen LogP contribution < -0.4 is 10.6 Å². The molecule has 1 aliphatic heterocycles. The van der Waals surface area contributed by atoms with Gasteiger partial charge in [0, 0.05) is 32.2 Å². The fourth-order valence-electron chi connectivity index (χ4n) is 2.71. The van der Waals surface area contributed by atoms with Crippen LogP contribution in [0.4, 0.5) is 5.82 Å². The Labute approximate surface area is 134 Å². The van der Waals surface area contributed by atoms with Crippen LogP contribution in [0.2, 0.25) is 0 Å². The van der Waals surface area contributed by atoms with Crippen molar-refractivity contribution in [2.45, 2.75) is 13.3 Å². The molecule has 3 rings (SSSR count). The van der Waals surface area contributed by atoms with Gasteiger partial charge in [0.05, 0.1) is 25.0 Å². The number of rotatable bonds is 6. The molecule has 8 nitrogen and oxygen atoms in total. The van der Waals surface area contributed by atoms with Crippen molar-refractivity contribution in [2.24, 2.45) is 11.8 Å². The Hall–Kier alpha value is -1.93. The Bertz CT molecular complexity index is 568. The quantitative estimate of drug-likeness (QED) is 0.765. The van der Waals surface area contributed by atoms with Crippen LogP contribution in [0.5, 0.6) is 0 Å². The zero-order chi connectivity index (χ0) is 16.2. The van der Waals surface area contributed by atoms with Gasteiger partial charge in [-0.2, -0.15) is 0 Å². The van der Waals surface area contributed by atoms with Crippen molar-refractivity contribution in [1.82, 2.24) is 15.4 Å². The minimum Gasteiger partial charge on any atom is -0.379 e. The standard InChI is InChI=1S/C15H22N4O4/c1-10-8-13(18-23-10)17-15(21)12-9-11(12)14(20)16-2-3-19-4-6-22-7-5-19/h8,11-12H,2-7,9H2,1H3,(H,16,20)(H,17,18,21). The summed E-state index contributed by atoms with van der Waals surface area (Å²) in [6.45, 7) is 6.48. The Balaban J connectivity index is 1.35. The summed E-state index contributed by atoms with van der Waals surface area (Å²) in [6, 6.07) is 1.65. The van der Waals surface area contributed by atoms with E-state index in [4.69, 9.17) is 9.26 Å². The van der Waals surface area contributed by atoms with E-state index in [0.717, 1.165) is 32.8 Å². The van der Waals surface area contributed by atoms with Gasteiger partial charge in [-0.1, -0.05) is 5.16 Å². The molecule has 2 heterocycles. The maximum absolute atomic E-state index is 12.0. The summed E-state index contributed by atoms with van der Waals surface area (Å²) in [5.74, 6) is 0.309. The molecule has 1 saturated heterocycles. The molecule has 0 bridgehead atoms. The zero-order valence-corrected chi connectivity index (χ0v) is 13.2. The van der Waals surface area contributed by atoms with Crippen LogP contribution in [0.3, 0.4) is 0 Å². The van der Waals surface area contributed by atoms with Crippen molar-refractivity contribution in [3.05, 3.63) is 11.8 Å². The molecule has 0 aromatic carbocycles. The Morgan fingerprint density at radius 3 is 2.74 bits per heavy atom. The lowest BCUT2D eigenvalue weighted by atomic mass is 10.2. The third-order valence-corrected chi connectivity index (χ3v) is 4.17. The van der Waals surface area contributed by atoms with Crippen LogP contribution in [0, 0.1) is 18.8 Å². The van der Waals surface area contributed by atoms with Crippen molar-refractivity contribution < 1.29 is 18.8 Å². The lowest BCUT2D eigenvalue weighted by Crippen LogP contribution is -2.41. The molecular weight excluding hydrogens is 300 g/mol. The predicted octanol–water partition coefficient (Wildman–Crippen LogP) is 0.00602. The Kier molecular flexibility index (Phi) is 4.92. The fourth-order valence-corrected chi connectivity index (χ4v) is 2.71. The molecule has 1 aromatic rings. The highest BCUT2D eigenvalue weighted by atomic mass is 16.5. The summed E-state index contributed by atoms with van der Waals surface area (Å²) in [6.07, 6.45) is 0.589. The van der Waals surface area contributed by atoms with E-state index >= 15 is 0 Å². The summed E-state index contributed by atoms with van der Waals surface area (Å²) in [5, 5.41) is 9.29. The van der Waals surface area contributed by atoms with Crippen LogP contribution in [0.25, 0.3) is 0 Å². The largest absolute Gasteiger partial charge is 0.379 e. The van der Waals surface area contributed by atoms with Crippen molar-refractivity contribution in [2.75, 3.05) is 44.7 Å².